The molecule has 0 amide bonds. The number of benzene rings is 1. The highest BCUT2D eigenvalue weighted by Crippen LogP contribution is 2.40. The summed E-state index contributed by atoms with van der Waals surface area (Å²) in [5.74, 6) is -0.326. The Morgan fingerprint density at radius 1 is 1.27 bits per heavy atom. The zero-order valence-corrected chi connectivity index (χ0v) is 18.6. The number of halogens is 3. The summed E-state index contributed by atoms with van der Waals surface area (Å²) < 4.78 is 49.6. The lowest BCUT2D eigenvalue weighted by molar-refractivity contribution is -0.146. The third kappa shape index (κ3) is 5.91. The van der Waals surface area contributed by atoms with E-state index in [1.807, 2.05) is 0 Å². The molecule has 1 fully saturated rings. The lowest BCUT2D eigenvalue weighted by atomic mass is 9.97. The van der Waals surface area contributed by atoms with Gasteiger partial charge in [0.25, 0.3) is 0 Å². The van der Waals surface area contributed by atoms with Crippen molar-refractivity contribution in [3.63, 3.8) is 0 Å². The lowest BCUT2D eigenvalue weighted by Gasteiger charge is -2.29. The van der Waals surface area contributed by atoms with Crippen molar-refractivity contribution in [3.8, 4) is 17.0 Å². The van der Waals surface area contributed by atoms with Crippen LogP contribution in [0.1, 0.15) is 36.5 Å². The van der Waals surface area contributed by atoms with Crippen LogP contribution in [0, 0.1) is 6.92 Å². The highest BCUT2D eigenvalue weighted by molar-refractivity contribution is 5.76. The number of ether oxygens (including phenoxy) is 2. The fraction of sp³-hybridized carbons (Fsp3) is 0.500. The SMILES string of the molecule is CCOC(=O)[C@@H]1CC[C@@H](Nc2cc(C)c(-c3c(O)cc(C(F)(F)F)cc3COC)nn2)CN1. The van der Waals surface area contributed by atoms with Gasteiger partial charge in [-0.15, -0.1) is 10.2 Å². The average molecular weight is 468 g/mol. The van der Waals surface area contributed by atoms with E-state index in [9.17, 15) is 23.1 Å². The molecule has 180 valence electrons. The number of hydrogen-bond acceptors (Lipinski definition) is 8. The van der Waals surface area contributed by atoms with Crippen molar-refractivity contribution in [3.05, 3.63) is 34.9 Å². The summed E-state index contributed by atoms with van der Waals surface area (Å²) in [7, 11) is 1.36. The molecule has 1 aliphatic heterocycles. The first-order valence-electron chi connectivity index (χ1n) is 10.6. The van der Waals surface area contributed by atoms with Crippen LogP contribution in [0.25, 0.3) is 11.3 Å². The molecule has 1 aromatic carbocycles. The zero-order valence-electron chi connectivity index (χ0n) is 18.6. The van der Waals surface area contributed by atoms with Crippen molar-refractivity contribution in [2.24, 2.45) is 0 Å². The number of carbonyl (C=O) groups excluding carboxylic acids is 1. The molecule has 0 unspecified atom stereocenters. The van der Waals surface area contributed by atoms with Crippen LogP contribution in [0.2, 0.25) is 0 Å². The van der Waals surface area contributed by atoms with Crippen LogP contribution in [-0.2, 0) is 27.1 Å². The molecular weight excluding hydrogens is 441 g/mol. The minimum absolute atomic E-state index is 0.0127. The van der Waals surface area contributed by atoms with Crippen molar-refractivity contribution >= 4 is 11.8 Å². The van der Waals surface area contributed by atoms with Crippen LogP contribution in [0.3, 0.4) is 0 Å². The van der Waals surface area contributed by atoms with Gasteiger partial charge in [-0.1, -0.05) is 0 Å². The molecule has 8 nitrogen and oxygen atoms in total. The molecule has 2 aromatic rings. The minimum Gasteiger partial charge on any atom is -0.507 e. The highest BCUT2D eigenvalue weighted by Gasteiger charge is 2.33. The number of aryl methyl sites for hydroxylation is 1. The fourth-order valence-electron chi connectivity index (χ4n) is 3.83. The van der Waals surface area contributed by atoms with Gasteiger partial charge >= 0.3 is 12.1 Å². The number of hydrogen-bond donors (Lipinski definition) is 3. The second kappa shape index (κ2) is 10.3. The van der Waals surface area contributed by atoms with E-state index >= 15 is 0 Å². The molecule has 0 aliphatic carbocycles. The highest BCUT2D eigenvalue weighted by atomic mass is 19.4. The summed E-state index contributed by atoms with van der Waals surface area (Å²) in [6.07, 6.45) is -3.27. The van der Waals surface area contributed by atoms with E-state index < -0.39 is 17.5 Å². The number of anilines is 1. The second-order valence-corrected chi connectivity index (χ2v) is 7.85. The number of aromatic hydroxyl groups is 1. The van der Waals surface area contributed by atoms with E-state index in [0.29, 0.717) is 37.0 Å². The number of nitrogens with zero attached hydrogens (tertiary/aromatic N) is 2. The molecule has 11 heteroatoms. The van der Waals surface area contributed by atoms with Crippen molar-refractivity contribution in [1.29, 1.82) is 0 Å². The molecule has 3 N–H and O–H groups in total. The smallest absolute Gasteiger partial charge is 0.416 e. The van der Waals surface area contributed by atoms with Gasteiger partial charge in [0.05, 0.1) is 18.8 Å². The summed E-state index contributed by atoms with van der Waals surface area (Å²) in [6.45, 7) is 4.23. The van der Waals surface area contributed by atoms with Crippen LogP contribution in [0.5, 0.6) is 5.75 Å². The number of phenolic OH excluding ortho intramolecular Hbond substituents is 1. The molecule has 1 aliphatic rings. The molecule has 33 heavy (non-hydrogen) atoms. The molecule has 0 spiro atoms. The predicted molar refractivity (Wildman–Crippen MR) is 115 cm³/mol. The Hall–Kier alpha value is -2.92. The summed E-state index contributed by atoms with van der Waals surface area (Å²) in [4.78, 5) is 11.8. The van der Waals surface area contributed by atoms with Crippen LogP contribution in [0.15, 0.2) is 18.2 Å². The molecule has 2 heterocycles. The maximum atomic E-state index is 13.2. The topological polar surface area (TPSA) is 106 Å². The molecule has 2 atom stereocenters. The van der Waals surface area contributed by atoms with Crippen LogP contribution in [-0.4, -0.2) is 53.6 Å². The van der Waals surface area contributed by atoms with Crippen molar-refractivity contribution in [2.75, 3.05) is 25.6 Å². The van der Waals surface area contributed by atoms with Gasteiger partial charge in [-0.2, -0.15) is 13.2 Å². The average Bonchev–Trinajstić information content (AvgIpc) is 2.75. The fourth-order valence-corrected chi connectivity index (χ4v) is 3.83. The maximum Gasteiger partial charge on any atom is 0.416 e. The second-order valence-electron chi connectivity index (χ2n) is 7.85. The Morgan fingerprint density at radius 2 is 2.03 bits per heavy atom. The van der Waals surface area contributed by atoms with E-state index in [2.05, 4.69) is 20.8 Å². The van der Waals surface area contributed by atoms with Crippen LogP contribution >= 0.6 is 0 Å². The lowest BCUT2D eigenvalue weighted by Crippen LogP contribution is -2.49. The molecule has 1 saturated heterocycles. The molecule has 0 bridgehead atoms. The van der Waals surface area contributed by atoms with Crippen LogP contribution in [0.4, 0.5) is 19.0 Å². The van der Waals surface area contributed by atoms with Gasteiger partial charge in [0.2, 0.25) is 0 Å². The number of rotatable bonds is 7. The number of piperidine rings is 1. The van der Waals surface area contributed by atoms with E-state index in [-0.39, 0.29) is 41.5 Å². The third-order valence-corrected chi connectivity index (χ3v) is 5.39. The number of esters is 1. The summed E-state index contributed by atoms with van der Waals surface area (Å²) >= 11 is 0. The van der Waals surface area contributed by atoms with Gasteiger partial charge in [0, 0.05) is 25.3 Å². The Morgan fingerprint density at radius 3 is 2.61 bits per heavy atom. The van der Waals surface area contributed by atoms with E-state index in [1.165, 1.54) is 7.11 Å². The number of alkyl halides is 3. The monoisotopic (exact) mass is 468 g/mol. The Kier molecular flexibility index (Phi) is 7.75. The predicted octanol–water partition coefficient (Wildman–Crippen LogP) is 3.42. The van der Waals surface area contributed by atoms with Gasteiger partial charge in [0.1, 0.15) is 23.3 Å². The largest absolute Gasteiger partial charge is 0.507 e. The van der Waals surface area contributed by atoms with Gasteiger partial charge < -0.3 is 25.2 Å². The normalized spacial score (nSPS) is 18.7. The zero-order chi connectivity index (χ0) is 24.2. The van der Waals surface area contributed by atoms with Crippen molar-refractivity contribution in [2.45, 2.75) is 51.6 Å². The van der Waals surface area contributed by atoms with Crippen LogP contribution < -0.4 is 10.6 Å². The summed E-state index contributed by atoms with van der Waals surface area (Å²) in [6, 6.07) is 3.02. The number of carbonyl (C=O) groups is 1. The minimum atomic E-state index is -4.60. The Bertz CT molecular complexity index is 992. The Balaban J connectivity index is 1.78. The summed E-state index contributed by atoms with van der Waals surface area (Å²) in [5, 5.41) is 25.1. The standard InChI is InChI=1S/C22H27F3N4O4/c1-4-33-21(31)16-6-5-15(10-26-16)27-18-7-12(2)20(29-28-18)19-13(11-32-3)8-14(9-17(19)30)22(23,24)25/h7-9,15-16,26,30H,4-6,10-11H2,1-3H3,(H,27,28)/t15-,16+/m1/s1. The number of phenols is 1. The first kappa shape index (κ1) is 24.7. The van der Waals surface area contributed by atoms with E-state index in [1.54, 1.807) is 19.9 Å². The third-order valence-electron chi connectivity index (χ3n) is 5.39. The van der Waals surface area contributed by atoms with Gasteiger partial charge in [-0.05, 0) is 56.0 Å². The Labute approximate surface area is 189 Å². The van der Waals surface area contributed by atoms with Crippen molar-refractivity contribution in [1.82, 2.24) is 15.5 Å². The molecule has 3 rings (SSSR count). The first-order chi connectivity index (χ1) is 15.6. The van der Waals surface area contributed by atoms with E-state index in [0.717, 1.165) is 12.5 Å². The number of aromatic nitrogens is 2. The van der Waals surface area contributed by atoms with Crippen molar-refractivity contribution < 1.29 is 32.5 Å². The molecule has 1 aromatic heterocycles. The van der Waals surface area contributed by atoms with E-state index in [4.69, 9.17) is 9.47 Å². The van der Waals surface area contributed by atoms with Gasteiger partial charge in [0.15, 0.2) is 0 Å². The summed E-state index contributed by atoms with van der Waals surface area (Å²) in [5.41, 5.74) is 0.226. The molecule has 0 radical (unpaired) electrons. The number of nitrogens with one attached hydrogen (secondary N) is 2. The number of methoxy groups -OCH3 is 1. The van der Waals surface area contributed by atoms with Gasteiger partial charge in [-0.25, -0.2) is 0 Å². The van der Waals surface area contributed by atoms with Gasteiger partial charge in [-0.3, -0.25) is 4.79 Å². The quantitative estimate of drug-likeness (QED) is 0.531. The molecule has 0 saturated carbocycles. The maximum absolute atomic E-state index is 13.2. The first-order valence-corrected chi connectivity index (χ1v) is 10.6. The molecular formula is C22H27F3N4O4.